The second-order valence-corrected chi connectivity index (χ2v) is 8.27. The van der Waals surface area contributed by atoms with E-state index in [2.05, 4.69) is 15.5 Å². The fourth-order valence-electron chi connectivity index (χ4n) is 3.35. The highest BCUT2D eigenvalue weighted by atomic mass is 32.2. The Morgan fingerprint density at radius 2 is 1.88 bits per heavy atom. The molecule has 0 radical (unpaired) electrons. The molecule has 1 amide bonds. The first-order valence-electron chi connectivity index (χ1n) is 10.5. The van der Waals surface area contributed by atoms with Gasteiger partial charge in [-0.3, -0.25) is 4.79 Å². The molecule has 1 N–H and O–H groups in total. The average Bonchev–Trinajstić information content (AvgIpc) is 2.99. The van der Waals surface area contributed by atoms with Crippen LogP contribution in [0, 0.1) is 6.92 Å². The number of hydrogen-bond acceptors (Lipinski definition) is 7. The Labute approximate surface area is 191 Å². The molecule has 1 aromatic heterocycles. The quantitative estimate of drug-likeness (QED) is 0.538. The number of benzene rings is 2. The number of hydrogen-bond donors (Lipinski definition) is 1. The highest BCUT2D eigenvalue weighted by Gasteiger charge is 2.19. The monoisotopic (exact) mass is 454 g/mol. The standard InChI is InChI=1S/C23H26N4O4S/c1-4-29-17-8-6-16(7-9-17)24-21(28)14-32-23-26-25-22(27(23)3)18-13-20-19(12-15(18)2)30-10-5-11-31-20/h6-9,12-13H,4-5,10-11,14H2,1-3H3,(H,24,28). The van der Waals surface area contributed by atoms with Crippen molar-refractivity contribution in [1.29, 1.82) is 0 Å². The van der Waals surface area contributed by atoms with Gasteiger partial charge in [-0.1, -0.05) is 11.8 Å². The van der Waals surface area contributed by atoms with Crippen molar-refractivity contribution in [2.75, 3.05) is 30.9 Å². The number of amides is 1. The molecule has 168 valence electrons. The topological polar surface area (TPSA) is 87.5 Å². The first kappa shape index (κ1) is 22.0. The molecule has 1 aliphatic heterocycles. The Balaban J connectivity index is 1.42. The van der Waals surface area contributed by atoms with Crippen molar-refractivity contribution in [2.45, 2.75) is 25.4 Å². The summed E-state index contributed by atoms with van der Waals surface area (Å²) in [6.07, 6.45) is 0.854. The Hall–Kier alpha value is -3.20. The van der Waals surface area contributed by atoms with Crippen molar-refractivity contribution in [3.8, 4) is 28.6 Å². The number of aromatic nitrogens is 3. The summed E-state index contributed by atoms with van der Waals surface area (Å²) < 4.78 is 18.9. The van der Waals surface area contributed by atoms with Gasteiger partial charge in [-0.2, -0.15) is 0 Å². The van der Waals surface area contributed by atoms with Gasteiger partial charge in [0.05, 0.1) is 25.6 Å². The van der Waals surface area contributed by atoms with Gasteiger partial charge >= 0.3 is 0 Å². The van der Waals surface area contributed by atoms with Gasteiger partial charge in [-0.05, 0) is 55.8 Å². The van der Waals surface area contributed by atoms with Crippen LogP contribution in [0.5, 0.6) is 17.2 Å². The Bertz CT molecular complexity index is 1100. The van der Waals surface area contributed by atoms with Gasteiger partial charge in [0.25, 0.3) is 0 Å². The number of thioether (sulfide) groups is 1. The van der Waals surface area contributed by atoms with Crippen LogP contribution >= 0.6 is 11.8 Å². The Kier molecular flexibility index (Phi) is 6.84. The van der Waals surface area contributed by atoms with E-state index in [1.54, 1.807) is 0 Å². The van der Waals surface area contributed by atoms with Gasteiger partial charge in [0.15, 0.2) is 22.5 Å². The van der Waals surface area contributed by atoms with E-state index in [-0.39, 0.29) is 11.7 Å². The molecule has 3 aromatic rings. The number of carbonyl (C=O) groups is 1. The number of carbonyl (C=O) groups excluding carboxylic acids is 1. The van der Waals surface area contributed by atoms with Crippen LogP contribution in [0.25, 0.3) is 11.4 Å². The summed E-state index contributed by atoms with van der Waals surface area (Å²) in [4.78, 5) is 12.4. The van der Waals surface area contributed by atoms with E-state index in [9.17, 15) is 4.79 Å². The summed E-state index contributed by atoms with van der Waals surface area (Å²) >= 11 is 1.34. The number of aryl methyl sites for hydroxylation is 1. The summed E-state index contributed by atoms with van der Waals surface area (Å²) in [5.74, 6) is 3.07. The third-order valence-electron chi connectivity index (χ3n) is 4.95. The number of nitrogens with zero attached hydrogens (tertiary/aromatic N) is 3. The lowest BCUT2D eigenvalue weighted by Crippen LogP contribution is -2.14. The molecule has 0 unspecified atom stereocenters. The molecule has 0 spiro atoms. The van der Waals surface area contributed by atoms with Gasteiger partial charge in [0.1, 0.15) is 5.75 Å². The molecular weight excluding hydrogens is 428 g/mol. The molecule has 0 atom stereocenters. The minimum atomic E-state index is -0.115. The second-order valence-electron chi connectivity index (χ2n) is 7.32. The number of nitrogens with one attached hydrogen (secondary N) is 1. The third-order valence-corrected chi connectivity index (χ3v) is 5.97. The third kappa shape index (κ3) is 4.99. The van der Waals surface area contributed by atoms with Gasteiger partial charge in [-0.15, -0.1) is 10.2 Å². The van der Waals surface area contributed by atoms with Crippen molar-refractivity contribution in [2.24, 2.45) is 7.05 Å². The average molecular weight is 455 g/mol. The van der Waals surface area contributed by atoms with Gasteiger partial charge in [0.2, 0.25) is 5.91 Å². The van der Waals surface area contributed by atoms with Gasteiger partial charge in [-0.25, -0.2) is 0 Å². The molecule has 2 aromatic carbocycles. The lowest BCUT2D eigenvalue weighted by molar-refractivity contribution is -0.113. The summed E-state index contributed by atoms with van der Waals surface area (Å²) in [6.45, 7) is 5.82. The number of fused-ring (bicyclic) bond motifs is 1. The molecule has 8 nitrogen and oxygen atoms in total. The van der Waals surface area contributed by atoms with Gasteiger partial charge in [0, 0.05) is 24.7 Å². The summed E-state index contributed by atoms with van der Waals surface area (Å²) in [5.41, 5.74) is 2.67. The van der Waals surface area contributed by atoms with Crippen molar-refractivity contribution >= 4 is 23.4 Å². The molecule has 1 aliphatic rings. The van der Waals surface area contributed by atoms with Crippen LogP contribution in [0.1, 0.15) is 18.9 Å². The van der Waals surface area contributed by atoms with Crippen LogP contribution < -0.4 is 19.5 Å². The first-order valence-corrected chi connectivity index (χ1v) is 11.5. The number of ether oxygens (including phenoxy) is 3. The summed E-state index contributed by atoms with van der Waals surface area (Å²) in [6, 6.07) is 11.2. The van der Waals surface area contributed by atoms with Crippen LogP contribution in [0.3, 0.4) is 0 Å². The van der Waals surface area contributed by atoms with Gasteiger partial charge < -0.3 is 24.1 Å². The molecule has 0 saturated carbocycles. The van der Waals surface area contributed by atoms with Crippen LogP contribution in [0.15, 0.2) is 41.6 Å². The lowest BCUT2D eigenvalue weighted by Gasteiger charge is -2.12. The molecule has 0 saturated heterocycles. The molecule has 2 heterocycles. The van der Waals surface area contributed by atoms with Crippen LogP contribution in [-0.2, 0) is 11.8 Å². The molecule has 4 rings (SSSR count). The maximum Gasteiger partial charge on any atom is 0.234 e. The smallest absolute Gasteiger partial charge is 0.234 e. The Morgan fingerprint density at radius 3 is 2.59 bits per heavy atom. The minimum Gasteiger partial charge on any atom is -0.494 e. The van der Waals surface area contributed by atoms with E-state index in [0.717, 1.165) is 40.5 Å². The van der Waals surface area contributed by atoms with E-state index in [0.29, 0.717) is 30.8 Å². The highest BCUT2D eigenvalue weighted by Crippen LogP contribution is 2.37. The zero-order valence-corrected chi connectivity index (χ0v) is 19.2. The maximum absolute atomic E-state index is 12.4. The first-order chi connectivity index (χ1) is 15.5. The molecule has 0 bridgehead atoms. The van der Waals surface area contributed by atoms with Crippen molar-refractivity contribution in [3.05, 3.63) is 42.0 Å². The predicted octanol–water partition coefficient (Wildman–Crippen LogP) is 4.08. The van der Waals surface area contributed by atoms with Crippen molar-refractivity contribution < 1.29 is 19.0 Å². The molecule has 9 heteroatoms. The van der Waals surface area contributed by atoms with Crippen LogP contribution in [0.2, 0.25) is 0 Å². The predicted molar refractivity (Wildman–Crippen MR) is 124 cm³/mol. The zero-order chi connectivity index (χ0) is 22.5. The fourth-order valence-corrected chi connectivity index (χ4v) is 4.07. The largest absolute Gasteiger partial charge is 0.494 e. The van der Waals surface area contributed by atoms with Crippen LogP contribution in [0.4, 0.5) is 5.69 Å². The molecule has 32 heavy (non-hydrogen) atoms. The maximum atomic E-state index is 12.4. The molecule has 0 aliphatic carbocycles. The lowest BCUT2D eigenvalue weighted by atomic mass is 10.1. The number of rotatable bonds is 7. The summed E-state index contributed by atoms with van der Waals surface area (Å²) in [5, 5.41) is 12.2. The molecule has 0 fully saturated rings. The van der Waals surface area contributed by atoms with E-state index >= 15 is 0 Å². The SMILES string of the molecule is CCOc1ccc(NC(=O)CSc2nnc(-c3cc4c(cc3C)OCCCO4)n2C)cc1. The van der Waals surface area contributed by atoms with Crippen molar-refractivity contribution in [3.63, 3.8) is 0 Å². The normalized spacial score (nSPS) is 12.8. The number of anilines is 1. The van der Waals surface area contributed by atoms with Crippen molar-refractivity contribution in [1.82, 2.24) is 14.8 Å². The molecular formula is C23H26N4O4S. The second kappa shape index (κ2) is 9.95. The van der Waals surface area contributed by atoms with E-state index < -0.39 is 0 Å². The highest BCUT2D eigenvalue weighted by molar-refractivity contribution is 7.99. The van der Waals surface area contributed by atoms with E-state index in [1.165, 1.54) is 11.8 Å². The van der Waals surface area contributed by atoms with Crippen LogP contribution in [-0.4, -0.2) is 46.2 Å². The zero-order valence-electron chi connectivity index (χ0n) is 18.4. The fraction of sp³-hybridized carbons (Fsp3) is 0.348. The van der Waals surface area contributed by atoms with E-state index in [1.807, 2.05) is 61.9 Å². The van der Waals surface area contributed by atoms with E-state index in [4.69, 9.17) is 14.2 Å². The minimum absolute atomic E-state index is 0.115. The summed E-state index contributed by atoms with van der Waals surface area (Å²) in [7, 11) is 1.89. The Morgan fingerprint density at radius 1 is 1.16 bits per heavy atom.